The molecule has 17 heavy (non-hydrogen) atoms. The zero-order valence-corrected chi connectivity index (χ0v) is 11.3. The van der Waals surface area contributed by atoms with E-state index in [0.29, 0.717) is 6.61 Å². The average molecular weight is 269 g/mol. The van der Waals surface area contributed by atoms with E-state index in [2.05, 4.69) is 33.0 Å². The summed E-state index contributed by atoms with van der Waals surface area (Å²) in [4.78, 5) is 1.36. The molecule has 0 spiro atoms. The smallest absolute Gasteiger partial charge is 0.205 e. The Morgan fingerprint density at radius 3 is 3.12 bits per heavy atom. The molecule has 0 saturated heterocycles. The molecule has 6 heteroatoms. The van der Waals surface area contributed by atoms with Gasteiger partial charge in [0.15, 0.2) is 0 Å². The van der Waals surface area contributed by atoms with Gasteiger partial charge < -0.3 is 10.1 Å². The summed E-state index contributed by atoms with van der Waals surface area (Å²) in [6, 6.07) is 4.19. The van der Waals surface area contributed by atoms with Crippen LogP contribution in [0.3, 0.4) is 0 Å². The van der Waals surface area contributed by atoms with Gasteiger partial charge in [0.2, 0.25) is 5.13 Å². The Bertz CT molecular complexity index is 428. The van der Waals surface area contributed by atoms with Gasteiger partial charge in [0.05, 0.1) is 6.61 Å². The van der Waals surface area contributed by atoms with E-state index in [1.165, 1.54) is 4.88 Å². The van der Waals surface area contributed by atoms with Crippen LogP contribution in [0.15, 0.2) is 17.5 Å². The molecule has 0 saturated carbocycles. The van der Waals surface area contributed by atoms with E-state index in [-0.39, 0.29) is 0 Å². The summed E-state index contributed by atoms with van der Waals surface area (Å²) in [6.07, 6.45) is 0.969. The minimum absolute atomic E-state index is 0.550. The van der Waals surface area contributed by atoms with Crippen LogP contribution in [0.5, 0.6) is 0 Å². The first-order valence-corrected chi connectivity index (χ1v) is 7.24. The maximum atomic E-state index is 5.57. The Balaban J connectivity index is 1.67. The van der Waals surface area contributed by atoms with Gasteiger partial charge in [-0.2, -0.15) is 0 Å². The van der Waals surface area contributed by atoms with Crippen molar-refractivity contribution in [3.05, 3.63) is 27.4 Å². The fourth-order valence-corrected chi connectivity index (χ4v) is 2.76. The molecule has 2 aromatic rings. The molecule has 0 amide bonds. The van der Waals surface area contributed by atoms with Crippen molar-refractivity contribution in [1.29, 1.82) is 0 Å². The van der Waals surface area contributed by atoms with Crippen LogP contribution in [0.4, 0.5) is 5.13 Å². The number of nitrogens with one attached hydrogen (secondary N) is 1. The molecule has 0 fully saturated rings. The quantitative estimate of drug-likeness (QED) is 0.785. The molecule has 92 valence electrons. The number of hydrogen-bond acceptors (Lipinski definition) is 6. The predicted molar refractivity (Wildman–Crippen MR) is 71.8 cm³/mol. The minimum Gasteiger partial charge on any atom is -0.374 e. The standard InChI is InChI=1S/C11H15N3OS2/c1-2-12-11-14-13-10(17-11)8-15-6-5-9-4-3-7-16-9/h3-4,7H,2,5-6,8H2,1H3,(H,12,14). The molecule has 2 rings (SSSR count). The Kier molecular flexibility index (Phi) is 4.90. The van der Waals surface area contributed by atoms with Gasteiger partial charge in [-0.3, -0.25) is 0 Å². The molecular formula is C11H15N3OS2. The second-order valence-electron chi connectivity index (χ2n) is 3.41. The first-order valence-electron chi connectivity index (χ1n) is 5.55. The Morgan fingerprint density at radius 1 is 1.41 bits per heavy atom. The van der Waals surface area contributed by atoms with Crippen molar-refractivity contribution in [1.82, 2.24) is 10.2 Å². The third-order valence-corrected chi connectivity index (χ3v) is 3.88. The largest absolute Gasteiger partial charge is 0.374 e. The van der Waals surface area contributed by atoms with Crippen LogP contribution in [0.2, 0.25) is 0 Å². The highest BCUT2D eigenvalue weighted by molar-refractivity contribution is 7.15. The molecule has 1 N–H and O–H groups in total. The van der Waals surface area contributed by atoms with E-state index in [9.17, 15) is 0 Å². The maximum Gasteiger partial charge on any atom is 0.205 e. The van der Waals surface area contributed by atoms with Crippen LogP contribution in [-0.2, 0) is 17.8 Å². The Labute approximate surface area is 109 Å². The number of aromatic nitrogens is 2. The van der Waals surface area contributed by atoms with Crippen LogP contribution in [0.25, 0.3) is 0 Å². The van der Waals surface area contributed by atoms with Gasteiger partial charge in [-0.05, 0) is 18.4 Å². The van der Waals surface area contributed by atoms with Gasteiger partial charge >= 0.3 is 0 Å². The van der Waals surface area contributed by atoms with Gasteiger partial charge in [0, 0.05) is 17.8 Å². The lowest BCUT2D eigenvalue weighted by Gasteiger charge is -1.99. The molecule has 0 radical (unpaired) electrons. The van der Waals surface area contributed by atoms with E-state index in [1.54, 1.807) is 22.7 Å². The third kappa shape index (κ3) is 4.07. The first kappa shape index (κ1) is 12.5. The monoisotopic (exact) mass is 269 g/mol. The molecule has 0 unspecified atom stereocenters. The van der Waals surface area contributed by atoms with Gasteiger partial charge in [-0.15, -0.1) is 21.5 Å². The lowest BCUT2D eigenvalue weighted by molar-refractivity contribution is 0.123. The van der Waals surface area contributed by atoms with E-state index in [0.717, 1.165) is 29.7 Å². The number of nitrogens with zero attached hydrogens (tertiary/aromatic N) is 2. The summed E-state index contributed by atoms with van der Waals surface area (Å²) in [6.45, 7) is 4.19. The van der Waals surface area contributed by atoms with Crippen molar-refractivity contribution in [2.75, 3.05) is 18.5 Å². The summed E-state index contributed by atoms with van der Waals surface area (Å²) in [5.41, 5.74) is 0. The lowest BCUT2D eigenvalue weighted by atomic mass is 10.4. The molecule has 0 aliphatic rings. The number of hydrogen-bond donors (Lipinski definition) is 1. The summed E-state index contributed by atoms with van der Waals surface area (Å²) >= 11 is 3.31. The van der Waals surface area contributed by atoms with Crippen LogP contribution < -0.4 is 5.32 Å². The average Bonchev–Trinajstić information content (AvgIpc) is 2.96. The van der Waals surface area contributed by atoms with Crippen LogP contribution in [0.1, 0.15) is 16.8 Å². The van der Waals surface area contributed by atoms with Crippen LogP contribution in [-0.4, -0.2) is 23.3 Å². The molecule has 4 nitrogen and oxygen atoms in total. The van der Waals surface area contributed by atoms with Crippen LogP contribution >= 0.6 is 22.7 Å². The van der Waals surface area contributed by atoms with Crippen molar-refractivity contribution in [2.24, 2.45) is 0 Å². The topological polar surface area (TPSA) is 47.0 Å². The minimum atomic E-state index is 0.550. The molecule has 2 heterocycles. The van der Waals surface area contributed by atoms with Crippen molar-refractivity contribution in [2.45, 2.75) is 20.0 Å². The Hall–Kier alpha value is -0.980. The summed E-state index contributed by atoms with van der Waals surface area (Å²) in [5.74, 6) is 0. The van der Waals surface area contributed by atoms with Crippen molar-refractivity contribution < 1.29 is 4.74 Å². The third-order valence-electron chi connectivity index (χ3n) is 2.09. The van der Waals surface area contributed by atoms with Gasteiger partial charge in [0.1, 0.15) is 11.6 Å². The second kappa shape index (κ2) is 6.68. The highest BCUT2D eigenvalue weighted by Gasteiger charge is 2.03. The normalized spacial score (nSPS) is 10.6. The molecule has 0 atom stereocenters. The summed E-state index contributed by atoms with van der Waals surface area (Å²) < 4.78 is 5.57. The maximum absolute atomic E-state index is 5.57. The van der Waals surface area contributed by atoms with Crippen LogP contribution in [0, 0.1) is 0 Å². The zero-order chi connectivity index (χ0) is 11.9. The molecular weight excluding hydrogens is 254 g/mol. The molecule has 2 aromatic heterocycles. The zero-order valence-electron chi connectivity index (χ0n) is 9.68. The SMILES string of the molecule is CCNc1nnc(COCCc2cccs2)s1. The number of anilines is 1. The van der Waals surface area contributed by atoms with E-state index >= 15 is 0 Å². The second-order valence-corrected chi connectivity index (χ2v) is 5.51. The summed E-state index contributed by atoms with van der Waals surface area (Å²) in [5, 5.41) is 15.1. The highest BCUT2D eigenvalue weighted by atomic mass is 32.1. The van der Waals surface area contributed by atoms with Crippen molar-refractivity contribution >= 4 is 27.8 Å². The predicted octanol–water partition coefficient (Wildman–Crippen LogP) is 2.79. The Morgan fingerprint density at radius 2 is 2.35 bits per heavy atom. The fourth-order valence-electron chi connectivity index (χ4n) is 1.32. The molecule has 0 aromatic carbocycles. The number of thiophene rings is 1. The summed E-state index contributed by atoms with van der Waals surface area (Å²) in [7, 11) is 0. The van der Waals surface area contributed by atoms with Crippen molar-refractivity contribution in [3.8, 4) is 0 Å². The van der Waals surface area contributed by atoms with Gasteiger partial charge in [-0.1, -0.05) is 17.4 Å². The van der Waals surface area contributed by atoms with Gasteiger partial charge in [-0.25, -0.2) is 0 Å². The molecule has 0 bridgehead atoms. The molecule has 0 aliphatic heterocycles. The van der Waals surface area contributed by atoms with E-state index in [1.807, 2.05) is 6.92 Å². The molecule has 0 aliphatic carbocycles. The van der Waals surface area contributed by atoms with E-state index in [4.69, 9.17) is 4.74 Å². The first-order chi connectivity index (χ1) is 8.38. The van der Waals surface area contributed by atoms with Crippen molar-refractivity contribution in [3.63, 3.8) is 0 Å². The van der Waals surface area contributed by atoms with Gasteiger partial charge in [0.25, 0.3) is 0 Å². The number of rotatable bonds is 7. The van der Waals surface area contributed by atoms with E-state index < -0.39 is 0 Å². The number of ether oxygens (including phenoxy) is 1. The lowest BCUT2D eigenvalue weighted by Crippen LogP contribution is -1.97. The highest BCUT2D eigenvalue weighted by Crippen LogP contribution is 2.16. The fraction of sp³-hybridized carbons (Fsp3) is 0.455.